The molecule has 122 valence electrons. The van der Waals surface area contributed by atoms with Crippen molar-refractivity contribution in [3.63, 3.8) is 0 Å². The number of fused-ring (bicyclic) bond motifs is 1. The number of benzene rings is 2. The lowest BCUT2D eigenvalue weighted by molar-refractivity contribution is -0.138. The van der Waals surface area contributed by atoms with Crippen molar-refractivity contribution in [3.8, 4) is 5.75 Å². The largest absolute Gasteiger partial charge is 0.507 e. The normalized spacial score (nSPS) is 12.7. The highest BCUT2D eigenvalue weighted by atomic mass is 79.9. The Morgan fingerprint density at radius 2 is 2.08 bits per heavy atom. The van der Waals surface area contributed by atoms with E-state index in [4.69, 9.17) is 0 Å². The van der Waals surface area contributed by atoms with Crippen molar-refractivity contribution in [3.05, 3.63) is 64.3 Å². The van der Waals surface area contributed by atoms with Crippen LogP contribution in [0.2, 0.25) is 0 Å². The molecule has 3 aromatic rings. The first-order valence-corrected chi connectivity index (χ1v) is 8.13. The molecule has 6 heteroatoms. The highest BCUT2D eigenvalue weighted by Gasteiger charge is 2.18. The summed E-state index contributed by atoms with van der Waals surface area (Å²) in [4.78, 5) is 18.8. The fourth-order valence-corrected chi connectivity index (χ4v) is 2.89. The second-order valence-corrected chi connectivity index (χ2v) is 6.31. The van der Waals surface area contributed by atoms with Crippen molar-refractivity contribution < 1.29 is 15.0 Å². The second-order valence-electron chi connectivity index (χ2n) is 5.40. The molecule has 2 aromatic carbocycles. The number of carboxylic acid groups (broad SMARTS) is 1. The molecule has 0 spiro atoms. The molecule has 0 amide bonds. The van der Waals surface area contributed by atoms with Crippen molar-refractivity contribution in [1.29, 1.82) is 0 Å². The maximum absolute atomic E-state index is 11.5. The Morgan fingerprint density at radius 1 is 1.29 bits per heavy atom. The number of nitrogens with zero attached hydrogens (tertiary/aromatic N) is 1. The lowest BCUT2D eigenvalue weighted by atomic mass is 10.1. The van der Waals surface area contributed by atoms with E-state index < -0.39 is 12.0 Å². The maximum atomic E-state index is 11.5. The molecule has 5 nitrogen and oxygen atoms in total. The highest BCUT2D eigenvalue weighted by Crippen LogP contribution is 2.22. The minimum atomic E-state index is -1.01. The van der Waals surface area contributed by atoms with Crippen LogP contribution in [0.15, 0.2) is 58.1 Å². The van der Waals surface area contributed by atoms with E-state index >= 15 is 0 Å². The van der Waals surface area contributed by atoms with Crippen molar-refractivity contribution in [2.24, 2.45) is 4.99 Å². The topological polar surface area (TPSA) is 85.7 Å². The lowest BCUT2D eigenvalue weighted by Crippen LogP contribution is -2.20. The smallest absolute Gasteiger partial charge is 0.328 e. The lowest BCUT2D eigenvalue weighted by Gasteiger charge is -2.07. The van der Waals surface area contributed by atoms with Gasteiger partial charge in [-0.2, -0.15) is 0 Å². The van der Waals surface area contributed by atoms with Gasteiger partial charge in [0.25, 0.3) is 0 Å². The van der Waals surface area contributed by atoms with E-state index in [9.17, 15) is 15.0 Å². The number of carbonyl (C=O) groups is 1. The number of aromatic amines is 1. The maximum Gasteiger partial charge on any atom is 0.328 e. The summed E-state index contributed by atoms with van der Waals surface area (Å²) in [6.07, 6.45) is 3.48. The standard InChI is InChI=1S/C18H15BrN2O3/c19-13-5-6-17(22)12(7-13)10-21-16(18(23)24)8-11-9-20-15-4-2-1-3-14(11)15/h1-7,9-10,16,20,22H,8H2,(H,23,24)/t16-/m0/s1. The monoisotopic (exact) mass is 386 g/mol. The second kappa shape index (κ2) is 6.88. The predicted octanol–water partition coefficient (Wildman–Crippen LogP) is 3.75. The molecule has 3 N–H and O–H groups in total. The Labute approximate surface area is 146 Å². The van der Waals surface area contributed by atoms with Gasteiger partial charge in [0, 0.05) is 39.8 Å². The van der Waals surface area contributed by atoms with Crippen LogP contribution in [-0.2, 0) is 11.2 Å². The first kappa shape index (κ1) is 16.3. The quantitative estimate of drug-likeness (QED) is 0.583. The fraction of sp³-hybridized carbons (Fsp3) is 0.111. The molecule has 0 saturated heterocycles. The zero-order valence-corrected chi connectivity index (χ0v) is 14.2. The molecule has 0 bridgehead atoms. The van der Waals surface area contributed by atoms with Gasteiger partial charge in [-0.25, -0.2) is 4.79 Å². The van der Waals surface area contributed by atoms with Crippen LogP contribution in [-0.4, -0.2) is 33.4 Å². The predicted molar refractivity (Wildman–Crippen MR) is 96.8 cm³/mol. The third-order valence-electron chi connectivity index (χ3n) is 3.76. The van der Waals surface area contributed by atoms with Gasteiger partial charge in [0.2, 0.25) is 0 Å². The number of phenols is 1. The number of aliphatic imine (C=N–C) groups is 1. The van der Waals surface area contributed by atoms with Crippen LogP contribution >= 0.6 is 15.9 Å². The summed E-state index contributed by atoms with van der Waals surface area (Å²) in [6.45, 7) is 0. The number of aromatic hydroxyl groups is 1. The van der Waals surface area contributed by atoms with Crippen LogP contribution in [0.5, 0.6) is 5.75 Å². The zero-order valence-electron chi connectivity index (χ0n) is 12.6. The molecule has 1 atom stereocenters. The number of aromatic nitrogens is 1. The van der Waals surface area contributed by atoms with E-state index in [-0.39, 0.29) is 12.2 Å². The van der Waals surface area contributed by atoms with Crippen LogP contribution in [0.25, 0.3) is 10.9 Å². The van der Waals surface area contributed by atoms with Crippen LogP contribution in [0.4, 0.5) is 0 Å². The molecular weight excluding hydrogens is 372 g/mol. The van der Waals surface area contributed by atoms with Gasteiger partial charge in [0.05, 0.1) is 0 Å². The van der Waals surface area contributed by atoms with Gasteiger partial charge >= 0.3 is 5.97 Å². The molecule has 0 aliphatic heterocycles. The number of hydrogen-bond donors (Lipinski definition) is 3. The van der Waals surface area contributed by atoms with E-state index in [1.807, 2.05) is 30.5 Å². The molecule has 0 aliphatic carbocycles. The molecule has 3 rings (SSSR count). The van der Waals surface area contributed by atoms with E-state index in [0.29, 0.717) is 5.56 Å². The molecule has 0 saturated carbocycles. The summed E-state index contributed by atoms with van der Waals surface area (Å²) in [5.74, 6) is -0.954. The summed E-state index contributed by atoms with van der Waals surface area (Å²) in [5.41, 5.74) is 2.33. The van der Waals surface area contributed by atoms with Gasteiger partial charge in [-0.3, -0.25) is 4.99 Å². The number of hydrogen-bond acceptors (Lipinski definition) is 3. The minimum Gasteiger partial charge on any atom is -0.507 e. The van der Waals surface area contributed by atoms with Gasteiger partial charge < -0.3 is 15.2 Å². The number of para-hydroxylation sites is 1. The van der Waals surface area contributed by atoms with Crippen molar-refractivity contribution >= 4 is 39.0 Å². The van der Waals surface area contributed by atoms with Crippen LogP contribution in [0.1, 0.15) is 11.1 Å². The van der Waals surface area contributed by atoms with E-state index in [0.717, 1.165) is 20.9 Å². The molecule has 0 unspecified atom stereocenters. The van der Waals surface area contributed by atoms with Gasteiger partial charge in [-0.05, 0) is 29.8 Å². The highest BCUT2D eigenvalue weighted by molar-refractivity contribution is 9.10. The Kier molecular flexibility index (Phi) is 4.66. The Morgan fingerprint density at radius 3 is 2.88 bits per heavy atom. The summed E-state index contributed by atoms with van der Waals surface area (Å²) in [7, 11) is 0. The average Bonchev–Trinajstić information content (AvgIpc) is 2.97. The Balaban J connectivity index is 1.86. The molecule has 0 aliphatic rings. The first-order valence-electron chi connectivity index (χ1n) is 7.34. The van der Waals surface area contributed by atoms with Gasteiger partial charge in [0.1, 0.15) is 5.75 Å². The van der Waals surface area contributed by atoms with Crippen molar-refractivity contribution in [2.75, 3.05) is 0 Å². The minimum absolute atomic E-state index is 0.0539. The van der Waals surface area contributed by atoms with E-state index in [1.165, 1.54) is 12.3 Å². The van der Waals surface area contributed by atoms with Gasteiger partial charge in [0.15, 0.2) is 6.04 Å². The summed E-state index contributed by atoms with van der Waals surface area (Å²) in [5, 5.41) is 20.3. The molecule has 1 aromatic heterocycles. The van der Waals surface area contributed by atoms with Crippen LogP contribution in [0.3, 0.4) is 0 Å². The fourth-order valence-electron chi connectivity index (χ4n) is 2.51. The number of nitrogens with one attached hydrogen (secondary N) is 1. The average molecular weight is 387 g/mol. The summed E-state index contributed by atoms with van der Waals surface area (Å²) in [6, 6.07) is 11.7. The number of phenolic OH excluding ortho intramolecular Hbond substituents is 1. The van der Waals surface area contributed by atoms with E-state index in [1.54, 1.807) is 12.1 Å². The van der Waals surface area contributed by atoms with Crippen molar-refractivity contribution in [2.45, 2.75) is 12.5 Å². The van der Waals surface area contributed by atoms with Gasteiger partial charge in [-0.15, -0.1) is 0 Å². The zero-order chi connectivity index (χ0) is 17.1. The SMILES string of the molecule is O=C(O)[C@H](Cc1c[nH]c2ccccc12)N=Cc1cc(Br)ccc1O. The van der Waals surface area contributed by atoms with Gasteiger partial charge in [-0.1, -0.05) is 34.1 Å². The molecule has 1 heterocycles. The summed E-state index contributed by atoms with van der Waals surface area (Å²) >= 11 is 3.31. The van der Waals surface area contributed by atoms with Crippen molar-refractivity contribution in [1.82, 2.24) is 4.98 Å². The molecule has 24 heavy (non-hydrogen) atoms. The van der Waals surface area contributed by atoms with Crippen LogP contribution in [0, 0.1) is 0 Å². The third-order valence-corrected chi connectivity index (χ3v) is 4.25. The number of halogens is 1. The molecule has 0 fully saturated rings. The summed E-state index contributed by atoms with van der Waals surface area (Å²) < 4.78 is 0.783. The molecule has 0 radical (unpaired) electrons. The first-order chi connectivity index (χ1) is 11.5. The number of H-pyrrole nitrogens is 1. The number of carboxylic acids is 1. The number of aliphatic carboxylic acids is 1. The Bertz CT molecular complexity index is 918. The van der Waals surface area contributed by atoms with Crippen LogP contribution < -0.4 is 0 Å². The third kappa shape index (κ3) is 3.49. The Hall–Kier alpha value is -2.60. The number of rotatable bonds is 5. The van der Waals surface area contributed by atoms with E-state index in [2.05, 4.69) is 25.9 Å². The molecular formula is C18H15BrN2O3.